The van der Waals surface area contributed by atoms with E-state index < -0.39 is 0 Å². The van der Waals surface area contributed by atoms with Gasteiger partial charge in [0.2, 0.25) is 5.91 Å². The number of H-pyrrole nitrogens is 1. The zero-order valence-corrected chi connectivity index (χ0v) is 9.55. The predicted octanol–water partition coefficient (Wildman–Crippen LogP) is 0.476. The van der Waals surface area contributed by atoms with Gasteiger partial charge >= 0.3 is 0 Å². The molecule has 0 aromatic carbocycles. The Balaban J connectivity index is 1.81. The smallest absolute Gasteiger partial charge is 0.237 e. The van der Waals surface area contributed by atoms with Gasteiger partial charge < -0.3 is 10.6 Å². The van der Waals surface area contributed by atoms with E-state index in [1.54, 1.807) is 6.20 Å². The van der Waals surface area contributed by atoms with Crippen LogP contribution in [0.1, 0.15) is 30.5 Å². The van der Waals surface area contributed by atoms with E-state index in [-0.39, 0.29) is 11.9 Å². The number of hydrogen-bond donors (Lipinski definition) is 3. The van der Waals surface area contributed by atoms with E-state index in [1.807, 2.05) is 6.92 Å². The number of aromatic nitrogens is 2. The molecule has 1 aromatic rings. The topological polar surface area (TPSA) is 69.8 Å². The van der Waals surface area contributed by atoms with Gasteiger partial charge in [-0.1, -0.05) is 6.42 Å². The van der Waals surface area contributed by atoms with Crippen molar-refractivity contribution in [2.75, 3.05) is 6.54 Å². The highest BCUT2D eigenvalue weighted by Crippen LogP contribution is 2.07. The quantitative estimate of drug-likeness (QED) is 0.696. The predicted molar refractivity (Wildman–Crippen MR) is 60.8 cm³/mol. The van der Waals surface area contributed by atoms with Crippen LogP contribution in [0.5, 0.6) is 0 Å². The number of nitrogens with zero attached hydrogens (tertiary/aromatic N) is 1. The second kappa shape index (κ2) is 5.12. The lowest BCUT2D eigenvalue weighted by atomic mass is 10.0. The maximum absolute atomic E-state index is 11.8. The van der Waals surface area contributed by atoms with Crippen molar-refractivity contribution in [3.05, 3.63) is 17.5 Å². The lowest BCUT2D eigenvalue weighted by Crippen LogP contribution is -2.46. The molecule has 0 bridgehead atoms. The van der Waals surface area contributed by atoms with Crippen LogP contribution in [0.2, 0.25) is 0 Å². The maximum Gasteiger partial charge on any atom is 0.237 e. The standard InChI is InChI=1S/C11H18N4O/c1-8-9(7-14-15-8)6-13-11(16)10-4-2-3-5-12-10/h7,10,12H,2-6H2,1H3,(H,13,16)(H,14,15)/t10-/m0/s1. The number of nitrogens with one attached hydrogen (secondary N) is 3. The van der Waals surface area contributed by atoms with Crippen LogP contribution >= 0.6 is 0 Å². The van der Waals surface area contributed by atoms with E-state index in [2.05, 4.69) is 20.8 Å². The van der Waals surface area contributed by atoms with Crippen molar-refractivity contribution in [2.45, 2.75) is 38.8 Å². The number of rotatable bonds is 3. The van der Waals surface area contributed by atoms with Crippen LogP contribution < -0.4 is 10.6 Å². The normalized spacial score (nSPS) is 20.7. The molecule has 5 nitrogen and oxygen atoms in total. The molecule has 0 unspecified atom stereocenters. The first-order valence-corrected chi connectivity index (χ1v) is 5.77. The van der Waals surface area contributed by atoms with Crippen LogP contribution in [-0.4, -0.2) is 28.7 Å². The van der Waals surface area contributed by atoms with E-state index in [1.165, 1.54) is 6.42 Å². The molecule has 5 heteroatoms. The fraction of sp³-hybridized carbons (Fsp3) is 0.636. The number of aryl methyl sites for hydroxylation is 1. The van der Waals surface area contributed by atoms with Gasteiger partial charge in [-0.05, 0) is 26.3 Å². The van der Waals surface area contributed by atoms with Gasteiger partial charge in [0.15, 0.2) is 0 Å². The maximum atomic E-state index is 11.8. The van der Waals surface area contributed by atoms with Crippen molar-refractivity contribution in [2.24, 2.45) is 0 Å². The van der Waals surface area contributed by atoms with Crippen LogP contribution in [0, 0.1) is 6.92 Å². The zero-order chi connectivity index (χ0) is 11.4. The van der Waals surface area contributed by atoms with E-state index in [0.29, 0.717) is 6.54 Å². The highest BCUT2D eigenvalue weighted by molar-refractivity contribution is 5.81. The Labute approximate surface area is 95.0 Å². The Bertz CT molecular complexity index is 355. The summed E-state index contributed by atoms with van der Waals surface area (Å²) in [6.07, 6.45) is 5.00. The molecule has 1 aliphatic heterocycles. The number of hydrogen-bond acceptors (Lipinski definition) is 3. The van der Waals surface area contributed by atoms with Crippen molar-refractivity contribution < 1.29 is 4.79 Å². The van der Waals surface area contributed by atoms with E-state index in [4.69, 9.17) is 0 Å². The summed E-state index contributed by atoms with van der Waals surface area (Å²) in [7, 11) is 0. The van der Waals surface area contributed by atoms with Crippen LogP contribution in [0.4, 0.5) is 0 Å². The summed E-state index contributed by atoms with van der Waals surface area (Å²) < 4.78 is 0. The average molecular weight is 222 g/mol. The molecule has 88 valence electrons. The summed E-state index contributed by atoms with van der Waals surface area (Å²) in [5, 5.41) is 12.9. The summed E-state index contributed by atoms with van der Waals surface area (Å²) in [6, 6.07) is -0.0130. The number of aromatic amines is 1. The molecule has 0 radical (unpaired) electrons. The molecule has 1 aliphatic rings. The molecule has 1 amide bonds. The Morgan fingerprint density at radius 2 is 2.50 bits per heavy atom. The molecule has 2 rings (SSSR count). The third-order valence-electron chi connectivity index (χ3n) is 3.01. The SMILES string of the molecule is Cc1[nH]ncc1CNC(=O)[C@@H]1CCCCN1. The monoisotopic (exact) mass is 222 g/mol. The minimum absolute atomic E-state index is 0.0130. The largest absolute Gasteiger partial charge is 0.351 e. The molecule has 3 N–H and O–H groups in total. The highest BCUT2D eigenvalue weighted by Gasteiger charge is 2.20. The van der Waals surface area contributed by atoms with Crippen LogP contribution in [-0.2, 0) is 11.3 Å². The van der Waals surface area contributed by atoms with Crippen molar-refractivity contribution in [3.63, 3.8) is 0 Å². The van der Waals surface area contributed by atoms with Crippen molar-refractivity contribution in [1.29, 1.82) is 0 Å². The molecule has 1 aromatic heterocycles. The van der Waals surface area contributed by atoms with Gasteiger partial charge in [-0.2, -0.15) is 5.10 Å². The second-order valence-corrected chi connectivity index (χ2v) is 4.24. The van der Waals surface area contributed by atoms with Crippen LogP contribution in [0.15, 0.2) is 6.20 Å². The number of piperidine rings is 1. The average Bonchev–Trinajstić information content (AvgIpc) is 2.73. The van der Waals surface area contributed by atoms with Crippen molar-refractivity contribution in [3.8, 4) is 0 Å². The van der Waals surface area contributed by atoms with Gasteiger partial charge in [0.25, 0.3) is 0 Å². The summed E-state index contributed by atoms with van der Waals surface area (Å²) in [6.45, 7) is 3.45. The number of carbonyl (C=O) groups excluding carboxylic acids is 1. The van der Waals surface area contributed by atoms with E-state index in [0.717, 1.165) is 30.6 Å². The molecular formula is C11H18N4O. The second-order valence-electron chi connectivity index (χ2n) is 4.24. The van der Waals surface area contributed by atoms with E-state index >= 15 is 0 Å². The lowest BCUT2D eigenvalue weighted by Gasteiger charge is -2.22. The van der Waals surface area contributed by atoms with Crippen LogP contribution in [0.3, 0.4) is 0 Å². The molecule has 1 fully saturated rings. The Kier molecular flexibility index (Phi) is 3.56. The van der Waals surface area contributed by atoms with Gasteiger partial charge in [-0.25, -0.2) is 0 Å². The number of amides is 1. The fourth-order valence-corrected chi connectivity index (χ4v) is 1.94. The van der Waals surface area contributed by atoms with Crippen molar-refractivity contribution in [1.82, 2.24) is 20.8 Å². The Hall–Kier alpha value is -1.36. The molecule has 0 spiro atoms. The molecule has 1 atom stereocenters. The fourth-order valence-electron chi connectivity index (χ4n) is 1.94. The van der Waals surface area contributed by atoms with Gasteiger partial charge in [0.1, 0.15) is 0 Å². The molecule has 2 heterocycles. The molecule has 0 aliphatic carbocycles. The highest BCUT2D eigenvalue weighted by atomic mass is 16.2. The van der Waals surface area contributed by atoms with Gasteiger partial charge in [-0.15, -0.1) is 0 Å². The first-order chi connectivity index (χ1) is 7.77. The van der Waals surface area contributed by atoms with Crippen molar-refractivity contribution >= 4 is 5.91 Å². The Morgan fingerprint density at radius 1 is 1.62 bits per heavy atom. The Morgan fingerprint density at radius 3 is 3.12 bits per heavy atom. The summed E-state index contributed by atoms with van der Waals surface area (Å²) in [5.74, 6) is 0.0975. The van der Waals surface area contributed by atoms with E-state index in [9.17, 15) is 4.79 Å². The third kappa shape index (κ3) is 2.61. The summed E-state index contributed by atoms with van der Waals surface area (Å²) in [5.41, 5.74) is 2.06. The molecule has 0 saturated carbocycles. The molecule has 1 saturated heterocycles. The zero-order valence-electron chi connectivity index (χ0n) is 9.55. The molecular weight excluding hydrogens is 204 g/mol. The molecule has 16 heavy (non-hydrogen) atoms. The summed E-state index contributed by atoms with van der Waals surface area (Å²) in [4.78, 5) is 11.8. The van der Waals surface area contributed by atoms with Gasteiger partial charge in [0, 0.05) is 17.8 Å². The first kappa shape index (κ1) is 11.1. The lowest BCUT2D eigenvalue weighted by molar-refractivity contribution is -0.123. The summed E-state index contributed by atoms with van der Waals surface area (Å²) >= 11 is 0. The number of carbonyl (C=O) groups is 1. The van der Waals surface area contributed by atoms with Crippen LogP contribution in [0.25, 0.3) is 0 Å². The van der Waals surface area contributed by atoms with Gasteiger partial charge in [0.05, 0.1) is 12.2 Å². The first-order valence-electron chi connectivity index (χ1n) is 5.77. The minimum Gasteiger partial charge on any atom is -0.351 e. The minimum atomic E-state index is -0.0130. The third-order valence-corrected chi connectivity index (χ3v) is 3.01. The van der Waals surface area contributed by atoms with Gasteiger partial charge in [-0.3, -0.25) is 9.89 Å².